The van der Waals surface area contributed by atoms with Crippen LogP contribution in [0.2, 0.25) is 0 Å². The van der Waals surface area contributed by atoms with Crippen molar-refractivity contribution in [1.29, 1.82) is 0 Å². The van der Waals surface area contributed by atoms with Gasteiger partial charge in [0.1, 0.15) is 12.4 Å². The van der Waals surface area contributed by atoms with Gasteiger partial charge in [0, 0.05) is 33.4 Å². The van der Waals surface area contributed by atoms with Crippen molar-refractivity contribution in [1.82, 2.24) is 30.3 Å². The first kappa shape index (κ1) is 26.1. The molecule has 8 nitrogen and oxygen atoms in total. The molecule has 0 aromatic carbocycles. The monoisotopic (exact) mass is 521 g/mol. The highest BCUT2D eigenvalue weighted by atomic mass is 127. The summed E-state index contributed by atoms with van der Waals surface area (Å²) in [5, 5.41) is 15.2. The van der Waals surface area contributed by atoms with Gasteiger partial charge in [0.05, 0.1) is 0 Å². The van der Waals surface area contributed by atoms with E-state index in [4.69, 9.17) is 9.73 Å². The molecule has 0 bridgehead atoms. The van der Waals surface area contributed by atoms with Gasteiger partial charge in [0.15, 0.2) is 11.8 Å². The standard InChI is InChI=1S/C20H39N7O.HI/c1-5-28-15-7-11-22-20(23-16-19-25-24-18(3)26(19)4)21-10-6-12-27-13-8-17(2)9-14-27;/h17H,5-16H2,1-4H3,(H2,21,22,23);1H. The maximum Gasteiger partial charge on any atom is 0.191 e. The smallest absolute Gasteiger partial charge is 0.191 e. The second-order valence-electron chi connectivity index (χ2n) is 7.67. The van der Waals surface area contributed by atoms with Gasteiger partial charge in [-0.25, -0.2) is 4.99 Å². The van der Waals surface area contributed by atoms with Crippen molar-refractivity contribution < 1.29 is 4.74 Å². The highest BCUT2D eigenvalue weighted by molar-refractivity contribution is 14.0. The van der Waals surface area contributed by atoms with Crippen LogP contribution >= 0.6 is 24.0 Å². The molecule has 2 rings (SSSR count). The number of rotatable bonds is 11. The van der Waals surface area contributed by atoms with E-state index >= 15 is 0 Å². The number of aromatic nitrogens is 3. The van der Waals surface area contributed by atoms with Crippen LogP contribution in [0.15, 0.2) is 4.99 Å². The summed E-state index contributed by atoms with van der Waals surface area (Å²) in [4.78, 5) is 7.28. The number of aryl methyl sites for hydroxylation is 1. The Bertz CT molecular complexity index is 585. The highest BCUT2D eigenvalue weighted by Crippen LogP contribution is 2.15. The van der Waals surface area contributed by atoms with Gasteiger partial charge in [-0.3, -0.25) is 0 Å². The number of likely N-dealkylation sites (tertiary alicyclic amines) is 1. The van der Waals surface area contributed by atoms with E-state index in [1.54, 1.807) is 0 Å². The number of hydrogen-bond acceptors (Lipinski definition) is 5. The molecule has 1 fully saturated rings. The lowest BCUT2D eigenvalue weighted by atomic mass is 9.99. The molecule has 0 atom stereocenters. The van der Waals surface area contributed by atoms with Crippen LogP contribution in [-0.2, 0) is 18.3 Å². The van der Waals surface area contributed by atoms with Crippen molar-refractivity contribution in [3.8, 4) is 0 Å². The predicted molar refractivity (Wildman–Crippen MR) is 129 cm³/mol. The largest absolute Gasteiger partial charge is 0.382 e. The molecule has 0 saturated carbocycles. The van der Waals surface area contributed by atoms with E-state index < -0.39 is 0 Å². The lowest BCUT2D eigenvalue weighted by Crippen LogP contribution is -2.40. The third kappa shape index (κ3) is 10.1. The van der Waals surface area contributed by atoms with Gasteiger partial charge in [0.25, 0.3) is 0 Å². The van der Waals surface area contributed by atoms with Gasteiger partial charge in [-0.1, -0.05) is 6.92 Å². The van der Waals surface area contributed by atoms with Gasteiger partial charge in [-0.15, -0.1) is 34.2 Å². The zero-order chi connectivity index (χ0) is 20.2. The van der Waals surface area contributed by atoms with Crippen molar-refractivity contribution in [2.24, 2.45) is 18.0 Å². The van der Waals surface area contributed by atoms with Crippen molar-refractivity contribution in [2.45, 2.75) is 53.0 Å². The third-order valence-electron chi connectivity index (χ3n) is 5.34. The lowest BCUT2D eigenvalue weighted by molar-refractivity contribution is 0.145. The van der Waals surface area contributed by atoms with E-state index in [1.165, 1.54) is 25.9 Å². The fourth-order valence-electron chi connectivity index (χ4n) is 3.23. The summed E-state index contributed by atoms with van der Waals surface area (Å²) < 4.78 is 7.39. The molecule has 0 amide bonds. The molecule has 0 spiro atoms. The zero-order valence-corrected chi connectivity index (χ0v) is 20.9. The minimum absolute atomic E-state index is 0. The van der Waals surface area contributed by atoms with E-state index in [9.17, 15) is 0 Å². The molecule has 0 radical (unpaired) electrons. The molecular weight excluding hydrogens is 481 g/mol. The van der Waals surface area contributed by atoms with Crippen molar-refractivity contribution in [3.05, 3.63) is 11.6 Å². The summed E-state index contributed by atoms with van der Waals surface area (Å²) >= 11 is 0. The van der Waals surface area contributed by atoms with E-state index in [1.807, 2.05) is 25.5 Å². The average molecular weight is 521 g/mol. The number of nitrogens with one attached hydrogen (secondary N) is 2. The molecule has 0 aliphatic carbocycles. The van der Waals surface area contributed by atoms with Crippen LogP contribution in [0.4, 0.5) is 0 Å². The summed E-state index contributed by atoms with van der Waals surface area (Å²) in [6, 6.07) is 0. The summed E-state index contributed by atoms with van der Waals surface area (Å²) in [7, 11) is 1.97. The summed E-state index contributed by atoms with van der Waals surface area (Å²) in [6.45, 7) is 13.8. The number of nitrogens with zero attached hydrogens (tertiary/aromatic N) is 5. The Balaban J connectivity index is 0.00000420. The van der Waals surface area contributed by atoms with Gasteiger partial charge in [-0.2, -0.15) is 0 Å². The van der Waals surface area contributed by atoms with Gasteiger partial charge in [-0.05, 0) is 65.1 Å². The first-order valence-electron chi connectivity index (χ1n) is 10.8. The maximum absolute atomic E-state index is 5.41. The molecule has 1 aromatic rings. The fourth-order valence-corrected chi connectivity index (χ4v) is 3.23. The van der Waals surface area contributed by atoms with Crippen LogP contribution in [0.25, 0.3) is 0 Å². The molecule has 1 aliphatic heterocycles. The molecule has 1 saturated heterocycles. The van der Waals surface area contributed by atoms with Crippen molar-refractivity contribution in [3.63, 3.8) is 0 Å². The van der Waals surface area contributed by atoms with Crippen LogP contribution in [0, 0.1) is 12.8 Å². The van der Waals surface area contributed by atoms with Crippen LogP contribution in [-0.4, -0.2) is 71.6 Å². The fraction of sp³-hybridized carbons (Fsp3) is 0.850. The highest BCUT2D eigenvalue weighted by Gasteiger charge is 2.14. The van der Waals surface area contributed by atoms with Crippen LogP contribution < -0.4 is 10.6 Å². The summed E-state index contributed by atoms with van der Waals surface area (Å²) in [5.41, 5.74) is 0. The Morgan fingerprint density at radius 2 is 1.86 bits per heavy atom. The number of hydrogen-bond donors (Lipinski definition) is 2. The second-order valence-corrected chi connectivity index (χ2v) is 7.67. The maximum atomic E-state index is 5.41. The first-order valence-corrected chi connectivity index (χ1v) is 10.8. The van der Waals surface area contributed by atoms with Gasteiger partial charge < -0.3 is 24.8 Å². The Morgan fingerprint density at radius 1 is 1.17 bits per heavy atom. The van der Waals surface area contributed by atoms with Crippen LogP contribution in [0.3, 0.4) is 0 Å². The number of halogens is 1. The van der Waals surface area contributed by atoms with Crippen LogP contribution in [0.5, 0.6) is 0 Å². The number of piperidine rings is 1. The minimum atomic E-state index is 0. The molecule has 0 unspecified atom stereocenters. The SMILES string of the molecule is CCOCCCNC(=NCc1nnc(C)n1C)NCCCN1CCC(C)CC1.I. The average Bonchev–Trinajstić information content (AvgIpc) is 3.02. The van der Waals surface area contributed by atoms with E-state index in [-0.39, 0.29) is 24.0 Å². The van der Waals surface area contributed by atoms with Gasteiger partial charge in [0.2, 0.25) is 0 Å². The molecule has 1 aliphatic rings. The first-order chi connectivity index (χ1) is 13.6. The molecule has 1 aromatic heterocycles. The molecule has 29 heavy (non-hydrogen) atoms. The Morgan fingerprint density at radius 3 is 2.48 bits per heavy atom. The number of guanidine groups is 1. The third-order valence-corrected chi connectivity index (χ3v) is 5.34. The minimum Gasteiger partial charge on any atom is -0.382 e. The quantitative estimate of drug-likeness (QED) is 0.202. The lowest BCUT2D eigenvalue weighted by Gasteiger charge is -2.30. The number of aliphatic imine (C=N–C) groups is 1. The Hall–Kier alpha value is -0.940. The van der Waals surface area contributed by atoms with Crippen molar-refractivity contribution >= 4 is 29.9 Å². The van der Waals surface area contributed by atoms with E-state index in [0.29, 0.717) is 6.54 Å². The zero-order valence-electron chi connectivity index (χ0n) is 18.6. The molecule has 2 heterocycles. The molecule has 9 heteroatoms. The number of ether oxygens (including phenoxy) is 1. The van der Waals surface area contributed by atoms with Crippen molar-refractivity contribution in [2.75, 3.05) is 45.9 Å². The topological polar surface area (TPSA) is 79.6 Å². The second kappa shape index (κ2) is 15.0. The van der Waals surface area contributed by atoms with E-state index in [0.717, 1.165) is 69.2 Å². The predicted octanol–water partition coefficient (Wildman–Crippen LogP) is 2.33. The Labute approximate surface area is 193 Å². The molecular formula is C20H40IN7O. The Kier molecular flexibility index (Phi) is 13.5. The summed E-state index contributed by atoms with van der Waals surface area (Å²) in [6.07, 6.45) is 4.75. The van der Waals surface area contributed by atoms with E-state index in [2.05, 4.69) is 32.7 Å². The van der Waals surface area contributed by atoms with Crippen LogP contribution in [0.1, 0.15) is 51.2 Å². The molecule has 2 N–H and O–H groups in total. The summed E-state index contributed by atoms with van der Waals surface area (Å²) in [5.74, 6) is 3.50. The normalized spacial score (nSPS) is 15.9. The molecule has 168 valence electrons. The van der Waals surface area contributed by atoms with Gasteiger partial charge >= 0.3 is 0 Å².